The molecule has 1 heterocycles. The van der Waals surface area contributed by atoms with E-state index >= 15 is 0 Å². The van der Waals surface area contributed by atoms with Gasteiger partial charge in [-0.05, 0) is 42.6 Å². The minimum atomic E-state index is 0.538. The molecular formula is C12H15Cl2NO. The van der Waals surface area contributed by atoms with Crippen LogP contribution in [0, 0.1) is 5.92 Å². The summed E-state index contributed by atoms with van der Waals surface area (Å²) in [4.78, 5) is 0. The summed E-state index contributed by atoms with van der Waals surface area (Å²) in [6.45, 7) is 3.49. The highest BCUT2D eigenvalue weighted by molar-refractivity contribution is 6.33. The van der Waals surface area contributed by atoms with Crippen molar-refractivity contribution in [1.29, 1.82) is 0 Å². The van der Waals surface area contributed by atoms with Crippen LogP contribution in [0.15, 0.2) is 18.2 Å². The number of nitrogens with one attached hydrogen (secondary N) is 1. The van der Waals surface area contributed by atoms with Gasteiger partial charge < -0.3 is 10.1 Å². The zero-order valence-electron chi connectivity index (χ0n) is 9.01. The maximum atomic E-state index is 6.04. The van der Waals surface area contributed by atoms with Gasteiger partial charge in [-0.2, -0.15) is 0 Å². The Bertz CT molecular complexity index is 351. The van der Waals surface area contributed by atoms with Crippen LogP contribution in [0.1, 0.15) is 12.0 Å². The van der Waals surface area contributed by atoms with Gasteiger partial charge in [-0.15, -0.1) is 0 Å². The minimum absolute atomic E-state index is 0.538. The molecule has 0 radical (unpaired) electrons. The first-order chi connectivity index (χ1) is 7.75. The topological polar surface area (TPSA) is 21.3 Å². The summed E-state index contributed by atoms with van der Waals surface area (Å²) in [7, 11) is 0. The van der Waals surface area contributed by atoms with Gasteiger partial charge in [0.2, 0.25) is 0 Å². The van der Waals surface area contributed by atoms with E-state index in [4.69, 9.17) is 27.9 Å². The summed E-state index contributed by atoms with van der Waals surface area (Å²) >= 11 is 11.9. The molecule has 1 aliphatic rings. The predicted molar refractivity (Wildman–Crippen MR) is 67.1 cm³/mol. The van der Waals surface area contributed by atoms with Crippen LogP contribution in [0.3, 0.4) is 0 Å². The standard InChI is InChI=1S/C12H15Cl2NO/c13-11-1-2-12(14)10(5-11)8-16-7-9-3-4-15-6-9/h1-2,5,9,15H,3-4,6-8H2. The molecule has 1 fully saturated rings. The molecule has 0 aromatic heterocycles. The molecule has 16 heavy (non-hydrogen) atoms. The van der Waals surface area contributed by atoms with E-state index < -0.39 is 0 Å². The SMILES string of the molecule is Clc1ccc(Cl)c(COCC2CCNC2)c1. The summed E-state index contributed by atoms with van der Waals surface area (Å²) < 4.78 is 5.66. The van der Waals surface area contributed by atoms with Crippen molar-refractivity contribution < 1.29 is 4.74 Å². The third kappa shape index (κ3) is 3.36. The minimum Gasteiger partial charge on any atom is -0.376 e. The van der Waals surface area contributed by atoms with Gasteiger partial charge in [0.25, 0.3) is 0 Å². The number of hydrogen-bond acceptors (Lipinski definition) is 2. The third-order valence-electron chi connectivity index (χ3n) is 2.78. The lowest BCUT2D eigenvalue weighted by molar-refractivity contribution is 0.0925. The monoisotopic (exact) mass is 259 g/mol. The van der Waals surface area contributed by atoms with Crippen molar-refractivity contribution in [2.75, 3.05) is 19.7 Å². The van der Waals surface area contributed by atoms with Crippen LogP contribution in [0.2, 0.25) is 10.0 Å². The van der Waals surface area contributed by atoms with Crippen LogP contribution in [-0.4, -0.2) is 19.7 Å². The summed E-state index contributed by atoms with van der Waals surface area (Å²) in [6, 6.07) is 5.45. The highest BCUT2D eigenvalue weighted by Gasteiger charge is 2.14. The van der Waals surface area contributed by atoms with Crippen molar-refractivity contribution in [3.8, 4) is 0 Å². The molecule has 0 amide bonds. The number of hydrogen-bond donors (Lipinski definition) is 1. The van der Waals surface area contributed by atoms with E-state index in [1.165, 1.54) is 6.42 Å². The predicted octanol–water partition coefficient (Wildman–Crippen LogP) is 3.12. The van der Waals surface area contributed by atoms with Crippen molar-refractivity contribution in [3.63, 3.8) is 0 Å². The molecule has 1 N–H and O–H groups in total. The molecule has 1 aliphatic heterocycles. The Morgan fingerprint density at radius 2 is 2.25 bits per heavy atom. The zero-order chi connectivity index (χ0) is 11.4. The Balaban J connectivity index is 1.82. The van der Waals surface area contributed by atoms with Crippen LogP contribution >= 0.6 is 23.2 Å². The molecule has 1 aromatic rings. The van der Waals surface area contributed by atoms with Gasteiger partial charge in [-0.3, -0.25) is 0 Å². The Hall–Kier alpha value is -0.280. The van der Waals surface area contributed by atoms with Crippen molar-refractivity contribution in [2.45, 2.75) is 13.0 Å². The second-order valence-electron chi connectivity index (χ2n) is 4.11. The van der Waals surface area contributed by atoms with E-state index in [9.17, 15) is 0 Å². The van der Waals surface area contributed by atoms with Gasteiger partial charge in [0.15, 0.2) is 0 Å². The molecule has 2 rings (SSSR count). The lowest BCUT2D eigenvalue weighted by Gasteiger charge is -2.10. The van der Waals surface area contributed by atoms with E-state index in [1.807, 2.05) is 6.07 Å². The Labute approximate surface area is 106 Å². The maximum absolute atomic E-state index is 6.04. The third-order valence-corrected chi connectivity index (χ3v) is 3.39. The number of benzene rings is 1. The number of halogens is 2. The highest BCUT2D eigenvalue weighted by atomic mass is 35.5. The van der Waals surface area contributed by atoms with Crippen molar-refractivity contribution in [1.82, 2.24) is 5.32 Å². The van der Waals surface area contributed by atoms with E-state index in [0.717, 1.165) is 25.3 Å². The number of ether oxygens (including phenoxy) is 1. The molecule has 2 nitrogen and oxygen atoms in total. The highest BCUT2D eigenvalue weighted by Crippen LogP contribution is 2.21. The van der Waals surface area contributed by atoms with Gasteiger partial charge in [0, 0.05) is 16.6 Å². The van der Waals surface area contributed by atoms with Gasteiger partial charge in [0.05, 0.1) is 13.2 Å². The maximum Gasteiger partial charge on any atom is 0.0732 e. The van der Waals surface area contributed by atoms with Crippen LogP contribution in [0.25, 0.3) is 0 Å². The van der Waals surface area contributed by atoms with Crippen LogP contribution in [0.5, 0.6) is 0 Å². The van der Waals surface area contributed by atoms with E-state index in [1.54, 1.807) is 12.1 Å². The van der Waals surface area contributed by atoms with Gasteiger partial charge >= 0.3 is 0 Å². The van der Waals surface area contributed by atoms with E-state index in [0.29, 0.717) is 22.6 Å². The summed E-state index contributed by atoms with van der Waals surface area (Å²) in [5.74, 6) is 0.637. The normalized spacial score (nSPS) is 20.2. The van der Waals surface area contributed by atoms with Crippen LogP contribution in [-0.2, 0) is 11.3 Å². The molecule has 1 unspecified atom stereocenters. The fourth-order valence-electron chi connectivity index (χ4n) is 1.85. The average Bonchev–Trinajstić information content (AvgIpc) is 2.76. The van der Waals surface area contributed by atoms with E-state index in [-0.39, 0.29) is 0 Å². The van der Waals surface area contributed by atoms with E-state index in [2.05, 4.69) is 5.32 Å². The molecule has 0 spiro atoms. The quantitative estimate of drug-likeness (QED) is 0.898. The van der Waals surface area contributed by atoms with Gasteiger partial charge in [-0.25, -0.2) is 0 Å². The Kier molecular flexibility index (Phi) is 4.47. The van der Waals surface area contributed by atoms with Gasteiger partial charge in [0.1, 0.15) is 0 Å². The molecule has 88 valence electrons. The first kappa shape index (κ1) is 12.2. The summed E-state index contributed by atoms with van der Waals surface area (Å²) in [6.07, 6.45) is 1.20. The Morgan fingerprint density at radius 1 is 1.38 bits per heavy atom. The molecule has 1 aromatic carbocycles. The van der Waals surface area contributed by atoms with Crippen molar-refractivity contribution in [3.05, 3.63) is 33.8 Å². The molecule has 1 atom stereocenters. The second kappa shape index (κ2) is 5.87. The second-order valence-corrected chi connectivity index (χ2v) is 4.95. The first-order valence-corrected chi connectivity index (χ1v) is 6.23. The summed E-state index contributed by atoms with van der Waals surface area (Å²) in [5, 5.41) is 4.73. The number of rotatable bonds is 4. The molecule has 4 heteroatoms. The molecular weight excluding hydrogens is 245 g/mol. The largest absolute Gasteiger partial charge is 0.376 e. The molecule has 0 bridgehead atoms. The zero-order valence-corrected chi connectivity index (χ0v) is 10.5. The lowest BCUT2D eigenvalue weighted by atomic mass is 10.1. The van der Waals surface area contributed by atoms with Crippen LogP contribution in [0.4, 0.5) is 0 Å². The smallest absolute Gasteiger partial charge is 0.0732 e. The first-order valence-electron chi connectivity index (χ1n) is 5.48. The molecule has 1 saturated heterocycles. The van der Waals surface area contributed by atoms with Crippen LogP contribution < -0.4 is 5.32 Å². The summed E-state index contributed by atoms with van der Waals surface area (Å²) in [5.41, 5.74) is 0.958. The van der Waals surface area contributed by atoms with Crippen molar-refractivity contribution in [2.24, 2.45) is 5.92 Å². The average molecular weight is 260 g/mol. The van der Waals surface area contributed by atoms with Gasteiger partial charge in [-0.1, -0.05) is 23.2 Å². The fourth-order valence-corrected chi connectivity index (χ4v) is 2.21. The molecule has 0 aliphatic carbocycles. The lowest BCUT2D eigenvalue weighted by Crippen LogP contribution is -2.13. The molecule has 0 saturated carbocycles. The van der Waals surface area contributed by atoms with Crippen molar-refractivity contribution >= 4 is 23.2 Å². The Morgan fingerprint density at radius 3 is 3.00 bits per heavy atom. The fraction of sp³-hybridized carbons (Fsp3) is 0.500.